The summed E-state index contributed by atoms with van der Waals surface area (Å²) < 4.78 is 11.9. The molecule has 0 spiro atoms. The number of hydrogen-bond donors (Lipinski definition) is 1. The largest absolute Gasteiger partial charge is 0.457 e. The number of ether oxygens (including phenoxy) is 1. The molecule has 1 saturated carbocycles. The van der Waals surface area contributed by atoms with Crippen LogP contribution >= 0.6 is 0 Å². The van der Waals surface area contributed by atoms with Crippen LogP contribution in [0.15, 0.2) is 40.9 Å². The summed E-state index contributed by atoms with van der Waals surface area (Å²) >= 11 is 0. The van der Waals surface area contributed by atoms with Gasteiger partial charge < -0.3 is 19.2 Å². The zero-order valence-corrected chi connectivity index (χ0v) is 14.9. The Bertz CT molecular complexity index is 887. The highest BCUT2D eigenvalue weighted by Crippen LogP contribution is 2.31. The van der Waals surface area contributed by atoms with E-state index in [1.54, 1.807) is 18.3 Å². The van der Waals surface area contributed by atoms with Crippen LogP contribution in [0.4, 0.5) is 6.01 Å². The van der Waals surface area contributed by atoms with Crippen LogP contribution in [0, 0.1) is 0 Å². The Hall–Kier alpha value is -2.60. The lowest BCUT2D eigenvalue weighted by atomic mass is 9.95. The van der Waals surface area contributed by atoms with Crippen molar-refractivity contribution in [3.8, 4) is 11.5 Å². The van der Waals surface area contributed by atoms with Crippen LogP contribution in [0.3, 0.4) is 0 Å². The predicted octanol–water partition coefficient (Wildman–Crippen LogP) is 4.28. The van der Waals surface area contributed by atoms with Gasteiger partial charge in [0.05, 0.1) is 12.3 Å². The van der Waals surface area contributed by atoms with E-state index in [0.29, 0.717) is 34.8 Å². The molecule has 0 aliphatic heterocycles. The Labute approximate surface area is 152 Å². The molecule has 1 aliphatic rings. The molecule has 0 atom stereocenters. The van der Waals surface area contributed by atoms with Crippen molar-refractivity contribution in [3.05, 3.63) is 42.2 Å². The fourth-order valence-electron chi connectivity index (χ4n) is 3.47. The van der Waals surface area contributed by atoms with E-state index in [2.05, 4.69) is 21.9 Å². The first-order valence-electron chi connectivity index (χ1n) is 9.10. The van der Waals surface area contributed by atoms with Crippen LogP contribution < -0.4 is 9.64 Å². The van der Waals surface area contributed by atoms with Gasteiger partial charge in [-0.3, -0.25) is 4.98 Å². The van der Waals surface area contributed by atoms with Crippen molar-refractivity contribution >= 4 is 17.1 Å². The number of hydrogen-bond acceptors (Lipinski definition) is 6. The van der Waals surface area contributed by atoms with Crippen LogP contribution in [0.5, 0.6) is 11.5 Å². The summed E-state index contributed by atoms with van der Waals surface area (Å²) in [6.45, 7) is -0.116. The molecule has 0 bridgehead atoms. The molecule has 1 fully saturated rings. The summed E-state index contributed by atoms with van der Waals surface area (Å²) in [7, 11) is 2.06. The second-order valence-corrected chi connectivity index (χ2v) is 6.77. The molecule has 136 valence electrons. The highest BCUT2D eigenvalue weighted by molar-refractivity contribution is 5.76. The molecule has 2 heterocycles. The van der Waals surface area contributed by atoms with Gasteiger partial charge in [0.15, 0.2) is 5.58 Å². The van der Waals surface area contributed by atoms with Crippen LogP contribution in [0.2, 0.25) is 0 Å². The summed E-state index contributed by atoms with van der Waals surface area (Å²) in [6, 6.07) is 10.3. The Morgan fingerprint density at radius 3 is 2.77 bits per heavy atom. The van der Waals surface area contributed by atoms with Crippen molar-refractivity contribution in [3.63, 3.8) is 0 Å². The van der Waals surface area contributed by atoms with Gasteiger partial charge in [-0.1, -0.05) is 19.3 Å². The van der Waals surface area contributed by atoms with Gasteiger partial charge in [-0.15, -0.1) is 0 Å². The zero-order chi connectivity index (χ0) is 17.9. The zero-order valence-electron chi connectivity index (χ0n) is 14.9. The lowest BCUT2D eigenvalue weighted by Crippen LogP contribution is -2.33. The first kappa shape index (κ1) is 16.8. The monoisotopic (exact) mass is 353 g/mol. The van der Waals surface area contributed by atoms with Gasteiger partial charge in [-0.2, -0.15) is 4.98 Å². The molecule has 1 N–H and O–H groups in total. The number of pyridine rings is 1. The second kappa shape index (κ2) is 7.33. The van der Waals surface area contributed by atoms with E-state index >= 15 is 0 Å². The van der Waals surface area contributed by atoms with E-state index < -0.39 is 0 Å². The summed E-state index contributed by atoms with van der Waals surface area (Å²) in [5.41, 5.74) is 2.09. The summed E-state index contributed by atoms with van der Waals surface area (Å²) in [5, 5.41) is 9.19. The number of nitrogens with zero attached hydrogens (tertiary/aromatic N) is 3. The normalized spacial score (nSPS) is 15.3. The minimum Gasteiger partial charge on any atom is -0.457 e. The molecule has 6 heteroatoms. The van der Waals surface area contributed by atoms with Crippen molar-refractivity contribution in [1.29, 1.82) is 0 Å². The molecule has 4 rings (SSSR count). The van der Waals surface area contributed by atoms with Gasteiger partial charge in [0.1, 0.15) is 17.0 Å². The van der Waals surface area contributed by atoms with E-state index in [1.165, 1.54) is 32.1 Å². The molecule has 2 aromatic heterocycles. The number of aliphatic hydroxyl groups is 1. The van der Waals surface area contributed by atoms with Gasteiger partial charge in [-0.25, -0.2) is 0 Å². The topological polar surface area (TPSA) is 71.6 Å². The number of fused-ring (bicyclic) bond motifs is 1. The van der Waals surface area contributed by atoms with Gasteiger partial charge in [0.2, 0.25) is 0 Å². The maximum atomic E-state index is 9.19. The summed E-state index contributed by atoms with van der Waals surface area (Å²) in [6.07, 6.45) is 7.87. The van der Waals surface area contributed by atoms with E-state index in [0.717, 1.165) is 5.52 Å². The molecular weight excluding hydrogens is 330 g/mol. The Morgan fingerprint density at radius 1 is 1.15 bits per heavy atom. The van der Waals surface area contributed by atoms with Crippen LogP contribution in [-0.4, -0.2) is 28.2 Å². The Morgan fingerprint density at radius 2 is 1.96 bits per heavy atom. The maximum absolute atomic E-state index is 9.19. The minimum atomic E-state index is -0.116. The highest BCUT2D eigenvalue weighted by atomic mass is 16.5. The van der Waals surface area contributed by atoms with Crippen LogP contribution in [0.25, 0.3) is 11.1 Å². The SMILES string of the molecule is CN(c1nc2ccc(Oc3ccnc(CO)c3)cc2o1)C1CCCCC1. The van der Waals surface area contributed by atoms with E-state index in [1.807, 2.05) is 18.2 Å². The Kier molecular flexibility index (Phi) is 4.75. The fourth-order valence-corrected chi connectivity index (χ4v) is 3.47. The molecule has 3 aromatic rings. The van der Waals surface area contributed by atoms with Crippen molar-refractivity contribution < 1.29 is 14.3 Å². The standard InChI is InChI=1S/C20H23N3O3/c1-23(15-5-3-2-4-6-15)20-22-18-8-7-16(12-19(18)26-20)25-17-9-10-21-14(11-17)13-24/h7-12,15,24H,2-6,13H2,1H3. The number of anilines is 1. The molecule has 0 unspecified atom stereocenters. The van der Waals surface area contributed by atoms with Gasteiger partial charge in [-0.05, 0) is 31.0 Å². The minimum absolute atomic E-state index is 0.116. The average Bonchev–Trinajstić information content (AvgIpc) is 3.11. The maximum Gasteiger partial charge on any atom is 0.298 e. The molecule has 0 amide bonds. The molecular formula is C20H23N3O3. The van der Waals surface area contributed by atoms with Gasteiger partial charge >= 0.3 is 0 Å². The smallest absolute Gasteiger partial charge is 0.298 e. The lowest BCUT2D eigenvalue weighted by Gasteiger charge is -2.29. The molecule has 0 radical (unpaired) electrons. The lowest BCUT2D eigenvalue weighted by molar-refractivity contribution is 0.276. The number of oxazole rings is 1. The first-order valence-corrected chi connectivity index (χ1v) is 9.10. The average molecular weight is 353 g/mol. The highest BCUT2D eigenvalue weighted by Gasteiger charge is 2.22. The first-order chi connectivity index (χ1) is 12.7. The van der Waals surface area contributed by atoms with E-state index in [9.17, 15) is 5.11 Å². The summed E-state index contributed by atoms with van der Waals surface area (Å²) in [4.78, 5) is 10.8. The molecule has 26 heavy (non-hydrogen) atoms. The van der Waals surface area contributed by atoms with Crippen LogP contribution in [0.1, 0.15) is 37.8 Å². The van der Waals surface area contributed by atoms with Crippen molar-refractivity contribution in [2.75, 3.05) is 11.9 Å². The van der Waals surface area contributed by atoms with Crippen LogP contribution in [-0.2, 0) is 6.61 Å². The fraction of sp³-hybridized carbons (Fsp3) is 0.400. The third-order valence-electron chi connectivity index (χ3n) is 4.96. The molecule has 6 nitrogen and oxygen atoms in total. The second-order valence-electron chi connectivity index (χ2n) is 6.77. The number of rotatable bonds is 5. The van der Waals surface area contributed by atoms with Crippen molar-refractivity contribution in [2.45, 2.75) is 44.8 Å². The third-order valence-corrected chi connectivity index (χ3v) is 4.96. The molecule has 0 saturated heterocycles. The van der Waals surface area contributed by atoms with E-state index in [-0.39, 0.29) is 6.61 Å². The number of benzene rings is 1. The number of aliphatic hydroxyl groups excluding tert-OH is 1. The quantitative estimate of drug-likeness (QED) is 0.738. The third kappa shape index (κ3) is 3.51. The summed E-state index contributed by atoms with van der Waals surface area (Å²) in [5.74, 6) is 1.29. The molecule has 1 aromatic carbocycles. The molecule has 1 aliphatic carbocycles. The van der Waals surface area contributed by atoms with Crippen molar-refractivity contribution in [1.82, 2.24) is 9.97 Å². The van der Waals surface area contributed by atoms with Gasteiger partial charge in [0, 0.05) is 31.4 Å². The van der Waals surface area contributed by atoms with Crippen molar-refractivity contribution in [2.24, 2.45) is 0 Å². The van der Waals surface area contributed by atoms with E-state index in [4.69, 9.17) is 9.15 Å². The predicted molar refractivity (Wildman–Crippen MR) is 99.5 cm³/mol. The van der Waals surface area contributed by atoms with Gasteiger partial charge in [0.25, 0.3) is 6.01 Å². The Balaban J connectivity index is 1.55. The number of aromatic nitrogens is 2.